The highest BCUT2D eigenvalue weighted by atomic mass is 19.1. The lowest BCUT2D eigenvalue weighted by atomic mass is 10.1. The van der Waals surface area contributed by atoms with E-state index < -0.39 is 11.7 Å². The summed E-state index contributed by atoms with van der Waals surface area (Å²) < 4.78 is 29.4. The lowest BCUT2D eigenvalue weighted by Crippen LogP contribution is -2.18. The molecule has 0 aliphatic heterocycles. The zero-order valence-corrected chi connectivity index (χ0v) is 16.6. The molecule has 0 radical (unpaired) electrons. The van der Waals surface area contributed by atoms with Crippen LogP contribution < -0.4 is 14.9 Å². The number of methoxy groups -OCH3 is 1. The first kappa shape index (κ1) is 21.0. The van der Waals surface area contributed by atoms with Crippen LogP contribution in [0.2, 0.25) is 0 Å². The van der Waals surface area contributed by atoms with Crippen LogP contribution in [-0.4, -0.2) is 31.6 Å². The van der Waals surface area contributed by atoms with Gasteiger partial charge in [-0.1, -0.05) is 12.1 Å². The van der Waals surface area contributed by atoms with Crippen molar-refractivity contribution >= 4 is 28.9 Å². The molecule has 0 atom stereocenters. The minimum absolute atomic E-state index is 0.0122. The number of halogens is 1. The maximum atomic E-state index is 13.6. The molecule has 0 fully saturated rings. The van der Waals surface area contributed by atoms with Crippen molar-refractivity contribution in [3.63, 3.8) is 0 Å². The van der Waals surface area contributed by atoms with E-state index in [1.807, 2.05) is 6.92 Å². The number of furan rings is 1. The van der Waals surface area contributed by atoms with Crippen molar-refractivity contribution in [2.24, 2.45) is 5.10 Å². The second kappa shape index (κ2) is 9.69. The van der Waals surface area contributed by atoms with E-state index in [2.05, 4.69) is 10.5 Å². The fourth-order valence-corrected chi connectivity index (χ4v) is 2.86. The normalized spacial score (nSPS) is 11.0. The van der Waals surface area contributed by atoms with Crippen LogP contribution in [0.25, 0.3) is 11.0 Å². The maximum Gasteiger partial charge on any atom is 0.240 e. The number of nitrogens with one attached hydrogen (secondary N) is 1. The van der Waals surface area contributed by atoms with E-state index in [0.29, 0.717) is 34.6 Å². The van der Waals surface area contributed by atoms with E-state index in [4.69, 9.17) is 13.9 Å². The molecule has 2 aromatic carbocycles. The second-order valence-corrected chi connectivity index (χ2v) is 6.32. The van der Waals surface area contributed by atoms with Gasteiger partial charge in [0.2, 0.25) is 5.91 Å². The fourth-order valence-electron chi connectivity index (χ4n) is 2.86. The average molecular weight is 412 g/mol. The summed E-state index contributed by atoms with van der Waals surface area (Å²) in [5.74, 6) is -0.0836. The van der Waals surface area contributed by atoms with Crippen LogP contribution in [-0.2, 0) is 4.79 Å². The predicted molar refractivity (Wildman–Crippen MR) is 110 cm³/mol. The molecule has 0 saturated carbocycles. The summed E-state index contributed by atoms with van der Waals surface area (Å²) in [5.41, 5.74) is 3.44. The van der Waals surface area contributed by atoms with Gasteiger partial charge in [-0.3, -0.25) is 9.59 Å². The average Bonchev–Trinajstić information content (AvgIpc) is 3.17. The first-order valence-corrected chi connectivity index (χ1v) is 9.35. The van der Waals surface area contributed by atoms with E-state index in [1.54, 1.807) is 30.3 Å². The number of para-hydroxylation sites is 1. The summed E-state index contributed by atoms with van der Waals surface area (Å²) in [5, 5.41) is 4.40. The van der Waals surface area contributed by atoms with Gasteiger partial charge in [-0.25, -0.2) is 9.82 Å². The molecule has 0 bridgehead atoms. The van der Waals surface area contributed by atoms with Crippen molar-refractivity contribution in [3.05, 3.63) is 59.6 Å². The Labute approximate surface area is 172 Å². The molecule has 30 heavy (non-hydrogen) atoms. The predicted octanol–water partition coefficient (Wildman–Crippen LogP) is 4.09. The zero-order valence-electron chi connectivity index (χ0n) is 16.6. The maximum absolute atomic E-state index is 13.6. The van der Waals surface area contributed by atoms with Crippen molar-refractivity contribution < 1.29 is 27.9 Å². The van der Waals surface area contributed by atoms with Crippen molar-refractivity contribution in [2.45, 2.75) is 19.8 Å². The second-order valence-electron chi connectivity index (χ2n) is 6.32. The highest BCUT2D eigenvalue weighted by molar-refractivity contribution is 5.99. The number of carbonyl (C=O) groups excluding carboxylic acids is 2. The van der Waals surface area contributed by atoms with Crippen molar-refractivity contribution in [1.82, 2.24) is 5.43 Å². The van der Waals surface area contributed by atoms with Gasteiger partial charge in [-0.2, -0.15) is 5.10 Å². The number of ketones is 1. The SMILES string of the molecule is CCOc1ccc(C(=O)CCC(=O)N/N=C/c2coc3c(F)cccc23)cc1OC. The Hall–Kier alpha value is -3.68. The van der Waals surface area contributed by atoms with E-state index >= 15 is 0 Å². The quantitative estimate of drug-likeness (QED) is 0.325. The first-order valence-electron chi connectivity index (χ1n) is 9.35. The Morgan fingerprint density at radius 3 is 2.80 bits per heavy atom. The van der Waals surface area contributed by atoms with Crippen LogP contribution in [0.5, 0.6) is 11.5 Å². The van der Waals surface area contributed by atoms with Gasteiger partial charge < -0.3 is 13.9 Å². The first-order chi connectivity index (χ1) is 14.5. The van der Waals surface area contributed by atoms with Crippen molar-refractivity contribution in [3.8, 4) is 11.5 Å². The summed E-state index contributed by atoms with van der Waals surface area (Å²) in [6, 6.07) is 9.44. The number of fused-ring (bicyclic) bond motifs is 1. The summed E-state index contributed by atoms with van der Waals surface area (Å²) in [6.45, 7) is 2.33. The van der Waals surface area contributed by atoms with Crippen LogP contribution in [0.1, 0.15) is 35.7 Å². The van der Waals surface area contributed by atoms with Gasteiger partial charge in [0.1, 0.15) is 6.26 Å². The third-order valence-corrected chi connectivity index (χ3v) is 4.34. The van der Waals surface area contributed by atoms with Crippen LogP contribution in [0.4, 0.5) is 4.39 Å². The van der Waals surface area contributed by atoms with E-state index in [9.17, 15) is 14.0 Å². The molecule has 0 spiro atoms. The standard InChI is InChI=1S/C22H21FN2O5/c1-3-29-19-9-7-14(11-20(19)28-2)18(26)8-10-21(27)25-24-12-15-13-30-22-16(15)5-4-6-17(22)23/h4-7,9,11-13H,3,8,10H2,1-2H3,(H,25,27)/b24-12+. The number of nitrogens with zero attached hydrogens (tertiary/aromatic N) is 1. The minimum atomic E-state index is -0.472. The molecular weight excluding hydrogens is 391 g/mol. The van der Waals surface area contributed by atoms with Gasteiger partial charge in [0, 0.05) is 29.4 Å². The van der Waals surface area contributed by atoms with E-state index in [-0.39, 0.29) is 24.2 Å². The van der Waals surface area contributed by atoms with Gasteiger partial charge in [0.25, 0.3) is 0 Å². The third kappa shape index (κ3) is 4.83. The Kier molecular flexibility index (Phi) is 6.79. The minimum Gasteiger partial charge on any atom is -0.493 e. The number of benzene rings is 2. The Morgan fingerprint density at radius 1 is 1.20 bits per heavy atom. The topological polar surface area (TPSA) is 90.1 Å². The fraction of sp³-hybridized carbons (Fsp3) is 0.227. The Balaban J connectivity index is 1.54. The Morgan fingerprint density at radius 2 is 2.03 bits per heavy atom. The number of hydrogen-bond donors (Lipinski definition) is 1. The van der Waals surface area contributed by atoms with E-state index in [0.717, 1.165) is 0 Å². The summed E-state index contributed by atoms with van der Waals surface area (Å²) in [7, 11) is 1.50. The molecule has 1 N–H and O–H groups in total. The number of hydrogen-bond acceptors (Lipinski definition) is 6. The van der Waals surface area contributed by atoms with Gasteiger partial charge in [0.15, 0.2) is 28.7 Å². The monoisotopic (exact) mass is 412 g/mol. The molecule has 3 aromatic rings. The number of carbonyl (C=O) groups is 2. The van der Waals surface area contributed by atoms with Gasteiger partial charge in [0.05, 0.1) is 19.9 Å². The largest absolute Gasteiger partial charge is 0.493 e. The van der Waals surface area contributed by atoms with Crippen molar-refractivity contribution in [1.29, 1.82) is 0 Å². The van der Waals surface area contributed by atoms with Crippen molar-refractivity contribution in [2.75, 3.05) is 13.7 Å². The molecule has 1 amide bonds. The molecule has 1 aromatic heterocycles. The van der Waals surface area contributed by atoms with E-state index in [1.165, 1.54) is 25.7 Å². The zero-order chi connectivity index (χ0) is 21.5. The van der Waals surface area contributed by atoms with Crippen LogP contribution in [0.15, 0.2) is 52.2 Å². The molecule has 0 saturated heterocycles. The lowest BCUT2D eigenvalue weighted by Gasteiger charge is -2.10. The number of ether oxygens (including phenoxy) is 2. The molecule has 7 nitrogen and oxygen atoms in total. The molecule has 3 rings (SSSR count). The van der Waals surface area contributed by atoms with Crippen LogP contribution in [0, 0.1) is 5.82 Å². The smallest absolute Gasteiger partial charge is 0.240 e. The molecule has 156 valence electrons. The lowest BCUT2D eigenvalue weighted by molar-refractivity contribution is -0.121. The van der Waals surface area contributed by atoms with Crippen LogP contribution >= 0.6 is 0 Å². The summed E-state index contributed by atoms with van der Waals surface area (Å²) in [4.78, 5) is 24.3. The van der Waals surface area contributed by atoms with Gasteiger partial charge in [-0.05, 0) is 31.2 Å². The number of hydrazone groups is 1. The molecule has 0 aliphatic carbocycles. The summed E-state index contributed by atoms with van der Waals surface area (Å²) >= 11 is 0. The summed E-state index contributed by atoms with van der Waals surface area (Å²) in [6.07, 6.45) is 2.69. The molecular formula is C22H21FN2O5. The van der Waals surface area contributed by atoms with Gasteiger partial charge in [-0.15, -0.1) is 0 Å². The molecule has 1 heterocycles. The molecule has 0 aliphatic rings. The van der Waals surface area contributed by atoms with Crippen LogP contribution in [0.3, 0.4) is 0 Å². The van der Waals surface area contributed by atoms with Gasteiger partial charge >= 0.3 is 0 Å². The molecule has 0 unspecified atom stereocenters. The number of rotatable bonds is 9. The number of Topliss-reactive ketones (excluding diaryl/α,β-unsaturated/α-hetero) is 1. The number of amides is 1. The molecule has 8 heteroatoms. The highest BCUT2D eigenvalue weighted by Crippen LogP contribution is 2.28. The Bertz CT molecular complexity index is 1090. The third-order valence-electron chi connectivity index (χ3n) is 4.34. The highest BCUT2D eigenvalue weighted by Gasteiger charge is 2.13.